The second-order valence-corrected chi connectivity index (χ2v) is 5.02. The third kappa shape index (κ3) is 1.71. The monoisotopic (exact) mass is 337 g/mol. The van der Waals surface area contributed by atoms with Crippen LogP contribution in [0.2, 0.25) is 10.0 Å². The van der Waals surface area contributed by atoms with E-state index in [1.54, 1.807) is 6.20 Å². The Morgan fingerprint density at radius 3 is 2.71 bits per heavy atom. The van der Waals surface area contributed by atoms with Crippen molar-refractivity contribution in [1.82, 2.24) is 4.98 Å². The fraction of sp³-hybridized carbons (Fsp3) is 0.100. The highest BCUT2D eigenvalue weighted by molar-refractivity contribution is 14.1. The van der Waals surface area contributed by atoms with Gasteiger partial charge in [0, 0.05) is 16.6 Å². The van der Waals surface area contributed by atoms with E-state index >= 15 is 0 Å². The van der Waals surface area contributed by atoms with Crippen molar-refractivity contribution in [3.05, 3.63) is 37.5 Å². The van der Waals surface area contributed by atoms with Crippen molar-refractivity contribution < 1.29 is 0 Å². The topological polar surface area (TPSA) is 12.9 Å². The minimum absolute atomic E-state index is 0.695. The van der Waals surface area contributed by atoms with Crippen LogP contribution in [0.25, 0.3) is 10.9 Å². The Kier molecular flexibility index (Phi) is 2.86. The average Bonchev–Trinajstić information content (AvgIpc) is 2.12. The molecule has 0 amide bonds. The van der Waals surface area contributed by atoms with Crippen LogP contribution in [0.1, 0.15) is 5.56 Å². The van der Waals surface area contributed by atoms with E-state index in [2.05, 4.69) is 27.6 Å². The zero-order valence-corrected chi connectivity index (χ0v) is 11.0. The summed E-state index contributed by atoms with van der Waals surface area (Å²) < 4.78 is 0.943. The number of nitrogens with zero attached hydrogens (tertiary/aromatic N) is 1. The van der Waals surface area contributed by atoms with Gasteiger partial charge in [0.25, 0.3) is 0 Å². The van der Waals surface area contributed by atoms with Gasteiger partial charge < -0.3 is 0 Å². The molecule has 0 radical (unpaired) electrons. The minimum atomic E-state index is 0.695. The molecule has 2 aromatic rings. The molecule has 0 N–H and O–H groups in total. The third-order valence-electron chi connectivity index (χ3n) is 2.02. The number of aromatic nitrogens is 1. The Labute approximate surface area is 106 Å². The number of pyridine rings is 1. The zero-order valence-electron chi connectivity index (χ0n) is 7.31. The molecule has 1 nitrogen and oxygen atoms in total. The molecular weight excluding hydrogens is 332 g/mol. The van der Waals surface area contributed by atoms with Gasteiger partial charge in [-0.15, -0.1) is 0 Å². The molecule has 4 heteroatoms. The maximum absolute atomic E-state index is 6.16. The van der Waals surface area contributed by atoms with E-state index in [0.29, 0.717) is 5.02 Å². The van der Waals surface area contributed by atoms with E-state index in [4.69, 9.17) is 23.2 Å². The van der Waals surface area contributed by atoms with Crippen molar-refractivity contribution in [2.45, 2.75) is 6.92 Å². The first-order valence-electron chi connectivity index (χ1n) is 3.99. The van der Waals surface area contributed by atoms with Crippen LogP contribution in [-0.4, -0.2) is 4.98 Å². The molecule has 2 rings (SSSR count). The molecule has 14 heavy (non-hydrogen) atoms. The molecule has 1 heterocycles. The van der Waals surface area contributed by atoms with Crippen LogP contribution < -0.4 is 0 Å². The summed E-state index contributed by atoms with van der Waals surface area (Å²) in [5.41, 5.74) is 1.96. The van der Waals surface area contributed by atoms with Gasteiger partial charge in [0.15, 0.2) is 0 Å². The van der Waals surface area contributed by atoms with Gasteiger partial charge in [-0.2, -0.15) is 0 Å². The zero-order chi connectivity index (χ0) is 10.3. The predicted molar refractivity (Wildman–Crippen MR) is 69.2 cm³/mol. The first-order chi connectivity index (χ1) is 6.59. The molecule has 0 fully saturated rings. The molecule has 0 saturated heterocycles. The van der Waals surface area contributed by atoms with Gasteiger partial charge in [0.2, 0.25) is 0 Å². The molecular formula is C10H6Cl2IN. The molecule has 0 unspecified atom stereocenters. The normalized spacial score (nSPS) is 10.9. The molecule has 1 aromatic heterocycles. The number of halogens is 3. The van der Waals surface area contributed by atoms with Gasteiger partial charge in [0.05, 0.1) is 14.1 Å². The van der Waals surface area contributed by atoms with Crippen LogP contribution >= 0.6 is 45.8 Å². The van der Waals surface area contributed by atoms with Crippen molar-refractivity contribution in [3.8, 4) is 0 Å². The molecule has 0 saturated carbocycles. The second kappa shape index (κ2) is 3.83. The van der Waals surface area contributed by atoms with E-state index in [1.807, 2.05) is 19.1 Å². The predicted octanol–water partition coefficient (Wildman–Crippen LogP) is 4.45. The largest absolute Gasteiger partial charge is 0.255 e. The lowest BCUT2D eigenvalue weighted by molar-refractivity contribution is 1.35. The summed E-state index contributed by atoms with van der Waals surface area (Å²) in [6, 6.07) is 3.74. The van der Waals surface area contributed by atoms with Crippen molar-refractivity contribution in [2.24, 2.45) is 0 Å². The smallest absolute Gasteiger partial charge is 0.0747 e. The van der Waals surface area contributed by atoms with Gasteiger partial charge in [-0.3, -0.25) is 4.98 Å². The lowest BCUT2D eigenvalue weighted by atomic mass is 10.1. The third-order valence-corrected chi connectivity index (χ3v) is 3.78. The summed E-state index contributed by atoms with van der Waals surface area (Å²) >= 11 is 14.3. The Bertz CT molecular complexity index is 511. The lowest BCUT2D eigenvalue weighted by Gasteiger charge is -2.05. The number of hydrogen-bond acceptors (Lipinski definition) is 1. The first kappa shape index (κ1) is 10.5. The van der Waals surface area contributed by atoms with E-state index in [1.165, 1.54) is 0 Å². The van der Waals surface area contributed by atoms with Crippen LogP contribution in [-0.2, 0) is 0 Å². The van der Waals surface area contributed by atoms with Gasteiger partial charge in [-0.05, 0) is 47.2 Å². The second-order valence-electron chi connectivity index (χ2n) is 3.04. The highest BCUT2D eigenvalue weighted by Gasteiger charge is 2.07. The van der Waals surface area contributed by atoms with Crippen LogP contribution in [0.5, 0.6) is 0 Å². The van der Waals surface area contributed by atoms with Crippen molar-refractivity contribution in [1.29, 1.82) is 0 Å². The summed E-state index contributed by atoms with van der Waals surface area (Å²) in [6.07, 6.45) is 1.77. The quantitative estimate of drug-likeness (QED) is 0.647. The highest BCUT2D eigenvalue weighted by Crippen LogP contribution is 2.30. The molecule has 0 bridgehead atoms. The SMILES string of the molecule is Cc1cc(Cl)cc2c(Cl)c(I)cnc12. The maximum atomic E-state index is 6.16. The Balaban J connectivity index is 2.95. The minimum Gasteiger partial charge on any atom is -0.255 e. The fourth-order valence-electron chi connectivity index (χ4n) is 1.38. The van der Waals surface area contributed by atoms with E-state index < -0.39 is 0 Å². The van der Waals surface area contributed by atoms with Crippen molar-refractivity contribution in [3.63, 3.8) is 0 Å². The standard InChI is InChI=1S/C10H6Cl2IN/c1-5-2-6(11)3-7-9(12)8(13)4-14-10(5)7/h2-4H,1H3. The molecule has 0 spiro atoms. The molecule has 72 valence electrons. The Morgan fingerprint density at radius 2 is 2.00 bits per heavy atom. The van der Waals surface area contributed by atoms with Crippen LogP contribution in [0.15, 0.2) is 18.3 Å². The molecule has 0 aliphatic rings. The Hall–Kier alpha value is -0.0600. The molecule has 0 aliphatic heterocycles. The average molecular weight is 338 g/mol. The van der Waals surface area contributed by atoms with E-state index in [9.17, 15) is 0 Å². The van der Waals surface area contributed by atoms with Crippen LogP contribution in [0, 0.1) is 10.5 Å². The van der Waals surface area contributed by atoms with Gasteiger partial charge in [-0.1, -0.05) is 23.2 Å². The molecule has 0 aliphatic carbocycles. The maximum Gasteiger partial charge on any atom is 0.0747 e. The summed E-state index contributed by atoms with van der Waals surface area (Å²) in [6.45, 7) is 1.98. The number of benzene rings is 1. The highest BCUT2D eigenvalue weighted by atomic mass is 127. The summed E-state index contributed by atoms with van der Waals surface area (Å²) in [5.74, 6) is 0. The Morgan fingerprint density at radius 1 is 1.29 bits per heavy atom. The van der Waals surface area contributed by atoms with E-state index in [0.717, 1.165) is 25.1 Å². The summed E-state index contributed by atoms with van der Waals surface area (Å²) in [4.78, 5) is 4.33. The number of fused-ring (bicyclic) bond motifs is 1. The van der Waals surface area contributed by atoms with E-state index in [-0.39, 0.29) is 0 Å². The summed E-state index contributed by atoms with van der Waals surface area (Å²) in [5, 5.41) is 2.34. The molecule has 0 atom stereocenters. The lowest BCUT2D eigenvalue weighted by Crippen LogP contribution is -1.87. The van der Waals surface area contributed by atoms with Crippen molar-refractivity contribution >= 4 is 56.7 Å². The van der Waals surface area contributed by atoms with Gasteiger partial charge in [0.1, 0.15) is 0 Å². The van der Waals surface area contributed by atoms with Crippen LogP contribution in [0.4, 0.5) is 0 Å². The first-order valence-corrected chi connectivity index (χ1v) is 5.83. The van der Waals surface area contributed by atoms with Crippen molar-refractivity contribution in [2.75, 3.05) is 0 Å². The van der Waals surface area contributed by atoms with Gasteiger partial charge >= 0.3 is 0 Å². The number of hydrogen-bond donors (Lipinski definition) is 0. The number of rotatable bonds is 0. The molecule has 1 aromatic carbocycles. The van der Waals surface area contributed by atoms with Crippen LogP contribution in [0.3, 0.4) is 0 Å². The summed E-state index contributed by atoms with van der Waals surface area (Å²) in [7, 11) is 0. The fourth-order valence-corrected chi connectivity index (χ4v) is 2.28. The van der Waals surface area contributed by atoms with Gasteiger partial charge in [-0.25, -0.2) is 0 Å². The number of aryl methyl sites for hydroxylation is 1.